The Kier molecular flexibility index (Phi) is 8.58. The van der Waals surface area contributed by atoms with Crippen LogP contribution in [0.4, 0.5) is 0 Å². The Morgan fingerprint density at radius 3 is 2.77 bits per heavy atom. The minimum Gasteiger partial charge on any atom is -0.490 e. The van der Waals surface area contributed by atoms with Crippen LogP contribution in [-0.4, -0.2) is 37.0 Å². The number of carbonyl (C=O) groups excluding carboxylic acids is 1. The van der Waals surface area contributed by atoms with Gasteiger partial charge in [0.15, 0.2) is 11.5 Å². The molecule has 30 heavy (non-hydrogen) atoms. The van der Waals surface area contributed by atoms with Crippen molar-refractivity contribution in [3.8, 4) is 11.5 Å². The fraction of sp³-hybridized carbons (Fsp3) is 0.458. The molecule has 5 nitrogen and oxygen atoms in total. The Balaban J connectivity index is 1.54. The molecule has 1 fully saturated rings. The van der Waals surface area contributed by atoms with E-state index in [1.807, 2.05) is 24.0 Å². The SMILES string of the molecule is CCOc1cc(CNCCCN2CCCC2=O)cc(Br)c1OCc1cccc(C)c1. The molecule has 1 saturated heterocycles. The van der Waals surface area contributed by atoms with E-state index in [9.17, 15) is 4.79 Å². The second-order valence-corrected chi connectivity index (χ2v) is 8.48. The number of aryl methyl sites for hydroxylation is 1. The first-order chi connectivity index (χ1) is 14.6. The third kappa shape index (κ3) is 6.47. The zero-order chi connectivity index (χ0) is 21.3. The van der Waals surface area contributed by atoms with Crippen molar-refractivity contribution in [1.82, 2.24) is 10.2 Å². The molecule has 1 amide bonds. The van der Waals surface area contributed by atoms with Crippen LogP contribution in [0.25, 0.3) is 0 Å². The van der Waals surface area contributed by atoms with Gasteiger partial charge >= 0.3 is 0 Å². The molecule has 1 N–H and O–H groups in total. The van der Waals surface area contributed by atoms with Crippen molar-refractivity contribution in [2.45, 2.75) is 46.3 Å². The Morgan fingerprint density at radius 1 is 1.17 bits per heavy atom. The van der Waals surface area contributed by atoms with Gasteiger partial charge in [0.2, 0.25) is 5.91 Å². The number of rotatable bonds is 11. The number of carbonyl (C=O) groups is 1. The summed E-state index contributed by atoms with van der Waals surface area (Å²) in [6.45, 7) is 8.49. The van der Waals surface area contributed by atoms with Crippen molar-refractivity contribution >= 4 is 21.8 Å². The molecule has 0 saturated carbocycles. The van der Waals surface area contributed by atoms with Crippen molar-refractivity contribution in [1.29, 1.82) is 0 Å². The molecule has 1 heterocycles. The van der Waals surface area contributed by atoms with Gasteiger partial charge in [0.25, 0.3) is 0 Å². The average Bonchev–Trinajstić information content (AvgIpc) is 3.12. The highest BCUT2D eigenvalue weighted by atomic mass is 79.9. The van der Waals surface area contributed by atoms with Gasteiger partial charge in [-0.05, 0) is 72.4 Å². The summed E-state index contributed by atoms with van der Waals surface area (Å²) in [7, 11) is 0. The predicted molar refractivity (Wildman–Crippen MR) is 123 cm³/mol. The molecule has 0 atom stereocenters. The molecule has 2 aromatic carbocycles. The summed E-state index contributed by atoms with van der Waals surface area (Å²) in [5, 5.41) is 3.47. The Labute approximate surface area is 187 Å². The van der Waals surface area contributed by atoms with Gasteiger partial charge in [0, 0.05) is 26.1 Å². The molecular formula is C24H31BrN2O3. The average molecular weight is 475 g/mol. The van der Waals surface area contributed by atoms with E-state index in [4.69, 9.17) is 9.47 Å². The van der Waals surface area contributed by atoms with Crippen LogP contribution in [0.3, 0.4) is 0 Å². The Morgan fingerprint density at radius 2 is 2.03 bits per heavy atom. The summed E-state index contributed by atoms with van der Waals surface area (Å²) in [6, 6.07) is 12.4. The van der Waals surface area contributed by atoms with E-state index in [2.05, 4.69) is 52.4 Å². The molecule has 0 bridgehead atoms. The molecule has 1 aliphatic rings. The molecular weight excluding hydrogens is 444 g/mol. The summed E-state index contributed by atoms with van der Waals surface area (Å²) >= 11 is 3.65. The van der Waals surface area contributed by atoms with Gasteiger partial charge in [-0.15, -0.1) is 0 Å². The van der Waals surface area contributed by atoms with Crippen LogP contribution in [0, 0.1) is 6.92 Å². The van der Waals surface area contributed by atoms with Crippen molar-refractivity contribution in [2.24, 2.45) is 0 Å². The number of likely N-dealkylation sites (tertiary alicyclic amines) is 1. The van der Waals surface area contributed by atoms with Crippen LogP contribution in [0.2, 0.25) is 0 Å². The molecule has 0 unspecified atom stereocenters. The molecule has 162 valence electrons. The van der Waals surface area contributed by atoms with Crippen molar-refractivity contribution in [3.05, 3.63) is 57.6 Å². The number of nitrogens with zero attached hydrogens (tertiary/aromatic N) is 1. The number of nitrogens with one attached hydrogen (secondary N) is 1. The first-order valence-electron chi connectivity index (χ1n) is 10.7. The molecule has 0 aliphatic carbocycles. The van der Waals surface area contributed by atoms with E-state index in [0.29, 0.717) is 25.5 Å². The van der Waals surface area contributed by atoms with E-state index < -0.39 is 0 Å². The highest BCUT2D eigenvalue weighted by Gasteiger charge is 2.19. The molecule has 0 aromatic heterocycles. The normalized spacial score (nSPS) is 13.7. The number of benzene rings is 2. The van der Waals surface area contributed by atoms with Crippen LogP contribution in [0.5, 0.6) is 11.5 Å². The highest BCUT2D eigenvalue weighted by Crippen LogP contribution is 2.37. The number of hydrogen-bond donors (Lipinski definition) is 1. The lowest BCUT2D eigenvalue weighted by Gasteiger charge is -2.17. The number of hydrogen-bond acceptors (Lipinski definition) is 4. The molecule has 6 heteroatoms. The van der Waals surface area contributed by atoms with Crippen LogP contribution < -0.4 is 14.8 Å². The number of ether oxygens (including phenoxy) is 2. The summed E-state index contributed by atoms with van der Waals surface area (Å²) in [5.41, 5.74) is 3.48. The van der Waals surface area contributed by atoms with Gasteiger partial charge in [-0.25, -0.2) is 0 Å². The third-order valence-corrected chi connectivity index (χ3v) is 5.71. The Hall–Kier alpha value is -2.05. The van der Waals surface area contributed by atoms with Crippen molar-refractivity contribution in [3.63, 3.8) is 0 Å². The lowest BCUT2D eigenvalue weighted by Crippen LogP contribution is -2.28. The highest BCUT2D eigenvalue weighted by molar-refractivity contribution is 9.10. The van der Waals surface area contributed by atoms with Gasteiger partial charge in [0.1, 0.15) is 6.61 Å². The quantitative estimate of drug-likeness (QED) is 0.473. The first kappa shape index (κ1) is 22.6. The van der Waals surface area contributed by atoms with Crippen LogP contribution in [0.1, 0.15) is 42.9 Å². The lowest BCUT2D eigenvalue weighted by atomic mass is 10.1. The van der Waals surface area contributed by atoms with E-state index in [0.717, 1.165) is 66.1 Å². The minimum atomic E-state index is 0.293. The largest absolute Gasteiger partial charge is 0.490 e. The summed E-state index contributed by atoms with van der Waals surface area (Å²) in [6.07, 6.45) is 2.67. The zero-order valence-electron chi connectivity index (χ0n) is 17.9. The van der Waals surface area contributed by atoms with Gasteiger partial charge in [0.05, 0.1) is 11.1 Å². The van der Waals surface area contributed by atoms with Gasteiger partial charge in [-0.2, -0.15) is 0 Å². The zero-order valence-corrected chi connectivity index (χ0v) is 19.5. The van der Waals surface area contributed by atoms with E-state index in [1.165, 1.54) is 5.56 Å². The van der Waals surface area contributed by atoms with Crippen LogP contribution in [0.15, 0.2) is 40.9 Å². The summed E-state index contributed by atoms with van der Waals surface area (Å²) in [5.74, 6) is 1.77. The maximum Gasteiger partial charge on any atom is 0.222 e. The second-order valence-electron chi connectivity index (χ2n) is 7.63. The first-order valence-corrected chi connectivity index (χ1v) is 11.5. The van der Waals surface area contributed by atoms with Gasteiger partial charge in [-0.3, -0.25) is 4.79 Å². The van der Waals surface area contributed by atoms with E-state index in [-0.39, 0.29) is 0 Å². The number of amides is 1. The fourth-order valence-corrected chi connectivity index (χ4v) is 4.26. The van der Waals surface area contributed by atoms with E-state index >= 15 is 0 Å². The summed E-state index contributed by atoms with van der Waals surface area (Å²) in [4.78, 5) is 13.6. The maximum atomic E-state index is 11.7. The summed E-state index contributed by atoms with van der Waals surface area (Å²) < 4.78 is 12.8. The third-order valence-electron chi connectivity index (χ3n) is 5.12. The molecule has 3 rings (SSSR count). The second kappa shape index (κ2) is 11.4. The fourth-order valence-electron chi connectivity index (χ4n) is 3.65. The van der Waals surface area contributed by atoms with Gasteiger partial charge in [-0.1, -0.05) is 29.8 Å². The standard InChI is InChI=1S/C24H31BrN2O3/c1-3-29-22-15-20(16-26-10-6-12-27-11-5-9-23(27)28)14-21(25)24(22)30-17-19-8-4-7-18(2)13-19/h4,7-8,13-15,26H,3,5-6,9-12,16-17H2,1-2H3. The molecule has 0 radical (unpaired) electrons. The minimum absolute atomic E-state index is 0.293. The topological polar surface area (TPSA) is 50.8 Å². The van der Waals surface area contributed by atoms with Crippen LogP contribution in [-0.2, 0) is 17.9 Å². The molecule has 1 aliphatic heterocycles. The smallest absolute Gasteiger partial charge is 0.222 e. The Bertz CT molecular complexity index is 856. The predicted octanol–water partition coefficient (Wildman–Crippen LogP) is 4.84. The lowest BCUT2D eigenvalue weighted by molar-refractivity contribution is -0.127. The van der Waals surface area contributed by atoms with E-state index in [1.54, 1.807) is 0 Å². The van der Waals surface area contributed by atoms with Gasteiger partial charge < -0.3 is 19.7 Å². The van der Waals surface area contributed by atoms with Crippen LogP contribution >= 0.6 is 15.9 Å². The number of halogens is 1. The van der Waals surface area contributed by atoms with Crippen molar-refractivity contribution in [2.75, 3.05) is 26.2 Å². The monoisotopic (exact) mass is 474 g/mol. The molecule has 0 spiro atoms. The molecule has 2 aromatic rings. The van der Waals surface area contributed by atoms with Crippen molar-refractivity contribution < 1.29 is 14.3 Å². The maximum absolute atomic E-state index is 11.7.